The maximum atomic E-state index is 3.33. The highest BCUT2D eigenvalue weighted by molar-refractivity contribution is 5.53. The van der Waals surface area contributed by atoms with Crippen LogP contribution in [-0.4, -0.2) is 50.7 Å². The number of anilines is 1. The van der Waals surface area contributed by atoms with Crippen LogP contribution in [0.4, 0.5) is 5.69 Å². The number of hydrogen-bond donors (Lipinski definition) is 1. The Morgan fingerprint density at radius 2 is 2.05 bits per heavy atom. The fraction of sp³-hybridized carbons (Fsp3) is 0.625. The van der Waals surface area contributed by atoms with Gasteiger partial charge in [-0.25, -0.2) is 0 Å². The van der Waals surface area contributed by atoms with E-state index in [9.17, 15) is 0 Å². The number of aryl methyl sites for hydroxylation is 1. The van der Waals surface area contributed by atoms with Gasteiger partial charge in [0.1, 0.15) is 0 Å². The van der Waals surface area contributed by atoms with E-state index in [1.54, 1.807) is 0 Å². The summed E-state index contributed by atoms with van der Waals surface area (Å²) in [6, 6.07) is 9.95. The van der Waals surface area contributed by atoms with Crippen LogP contribution in [-0.2, 0) is 0 Å². The molecule has 106 valence electrons. The maximum Gasteiger partial charge on any atom is 0.0396 e. The van der Waals surface area contributed by atoms with Gasteiger partial charge < -0.3 is 10.2 Å². The molecule has 1 N–H and O–H groups in total. The summed E-state index contributed by atoms with van der Waals surface area (Å²) < 4.78 is 0. The SMILES string of the molecule is CNCC1CN(c2ccccc2C)CCC(C)N1C. The van der Waals surface area contributed by atoms with Crippen LogP contribution in [0.1, 0.15) is 18.9 Å². The molecule has 1 aliphatic heterocycles. The summed E-state index contributed by atoms with van der Waals surface area (Å²) in [5.41, 5.74) is 2.77. The molecule has 0 saturated carbocycles. The molecule has 0 aromatic heterocycles. The average Bonchev–Trinajstić information content (AvgIpc) is 2.54. The molecule has 3 heteroatoms. The van der Waals surface area contributed by atoms with Gasteiger partial charge >= 0.3 is 0 Å². The normalized spacial score (nSPS) is 25.4. The van der Waals surface area contributed by atoms with E-state index in [0.29, 0.717) is 12.1 Å². The summed E-state index contributed by atoms with van der Waals surface area (Å²) in [5, 5.41) is 3.33. The van der Waals surface area contributed by atoms with Gasteiger partial charge in [0, 0.05) is 37.4 Å². The second kappa shape index (κ2) is 6.40. The van der Waals surface area contributed by atoms with Crippen LogP contribution in [0, 0.1) is 6.92 Å². The zero-order chi connectivity index (χ0) is 13.8. The molecular weight excluding hydrogens is 234 g/mol. The van der Waals surface area contributed by atoms with Crippen molar-refractivity contribution in [3.63, 3.8) is 0 Å². The van der Waals surface area contributed by atoms with Crippen molar-refractivity contribution in [2.75, 3.05) is 38.6 Å². The minimum absolute atomic E-state index is 0.571. The predicted octanol–water partition coefficient (Wildman–Crippen LogP) is 2.11. The monoisotopic (exact) mass is 261 g/mol. The third kappa shape index (κ3) is 3.28. The Morgan fingerprint density at radius 3 is 2.74 bits per heavy atom. The Labute approximate surface area is 117 Å². The van der Waals surface area contributed by atoms with Crippen molar-refractivity contribution in [3.8, 4) is 0 Å². The number of hydrogen-bond acceptors (Lipinski definition) is 3. The highest BCUT2D eigenvalue weighted by atomic mass is 15.3. The smallest absolute Gasteiger partial charge is 0.0396 e. The summed E-state index contributed by atoms with van der Waals surface area (Å²) in [4.78, 5) is 5.08. The van der Waals surface area contributed by atoms with Crippen molar-refractivity contribution in [3.05, 3.63) is 29.8 Å². The molecule has 0 aliphatic carbocycles. The molecular formula is C16H27N3. The molecule has 1 aliphatic rings. The molecule has 1 fully saturated rings. The minimum atomic E-state index is 0.571. The fourth-order valence-corrected chi connectivity index (χ4v) is 2.96. The molecule has 2 atom stereocenters. The lowest BCUT2D eigenvalue weighted by Crippen LogP contribution is -2.47. The Kier molecular flexibility index (Phi) is 4.83. The van der Waals surface area contributed by atoms with Gasteiger partial charge in [-0.05, 0) is 46.0 Å². The number of rotatable bonds is 3. The van der Waals surface area contributed by atoms with E-state index in [1.165, 1.54) is 17.7 Å². The van der Waals surface area contributed by atoms with Crippen LogP contribution >= 0.6 is 0 Å². The molecule has 0 spiro atoms. The first-order valence-corrected chi connectivity index (χ1v) is 7.30. The molecule has 2 unspecified atom stereocenters. The molecule has 1 aromatic rings. The number of benzene rings is 1. The first kappa shape index (κ1) is 14.4. The van der Waals surface area contributed by atoms with Gasteiger partial charge in [-0.1, -0.05) is 18.2 Å². The molecule has 0 radical (unpaired) electrons. The first-order valence-electron chi connectivity index (χ1n) is 7.30. The summed E-state index contributed by atoms with van der Waals surface area (Å²) in [6.45, 7) is 7.84. The highest BCUT2D eigenvalue weighted by Gasteiger charge is 2.26. The third-order valence-electron chi connectivity index (χ3n) is 4.42. The number of likely N-dealkylation sites (N-methyl/N-ethyl adjacent to an activating group) is 2. The molecule has 0 bridgehead atoms. The lowest BCUT2D eigenvalue weighted by atomic mass is 10.1. The Morgan fingerprint density at radius 1 is 1.32 bits per heavy atom. The Hall–Kier alpha value is -1.06. The van der Waals surface area contributed by atoms with Gasteiger partial charge in [0.15, 0.2) is 0 Å². The largest absolute Gasteiger partial charge is 0.370 e. The van der Waals surface area contributed by atoms with E-state index < -0.39 is 0 Å². The zero-order valence-corrected chi connectivity index (χ0v) is 12.7. The highest BCUT2D eigenvalue weighted by Crippen LogP contribution is 2.23. The number of para-hydroxylation sites is 1. The van der Waals surface area contributed by atoms with E-state index in [0.717, 1.165) is 19.6 Å². The quantitative estimate of drug-likeness (QED) is 0.899. The molecule has 1 aromatic carbocycles. The fourth-order valence-electron chi connectivity index (χ4n) is 2.96. The van der Waals surface area contributed by atoms with E-state index in [1.807, 2.05) is 7.05 Å². The Bertz CT molecular complexity index is 405. The predicted molar refractivity (Wildman–Crippen MR) is 82.9 cm³/mol. The summed E-state index contributed by atoms with van der Waals surface area (Å²) in [7, 11) is 4.30. The van der Waals surface area contributed by atoms with E-state index >= 15 is 0 Å². The van der Waals surface area contributed by atoms with Crippen LogP contribution in [0.2, 0.25) is 0 Å². The molecule has 19 heavy (non-hydrogen) atoms. The van der Waals surface area contributed by atoms with Gasteiger partial charge in [0.05, 0.1) is 0 Å². The Balaban J connectivity index is 2.20. The standard InChI is InChI=1S/C16H27N3/c1-13-7-5-6-8-16(13)19-10-9-14(2)18(4)15(12-19)11-17-3/h5-8,14-15,17H,9-12H2,1-4H3. The van der Waals surface area contributed by atoms with Gasteiger partial charge in [-0.2, -0.15) is 0 Å². The summed E-state index contributed by atoms with van der Waals surface area (Å²) >= 11 is 0. The summed E-state index contributed by atoms with van der Waals surface area (Å²) in [5.74, 6) is 0. The first-order chi connectivity index (χ1) is 9.13. The van der Waals surface area contributed by atoms with E-state index in [-0.39, 0.29) is 0 Å². The molecule has 0 amide bonds. The van der Waals surface area contributed by atoms with Gasteiger partial charge in [-0.3, -0.25) is 4.90 Å². The molecule has 1 heterocycles. The van der Waals surface area contributed by atoms with Crippen LogP contribution in [0.25, 0.3) is 0 Å². The van der Waals surface area contributed by atoms with Crippen LogP contribution < -0.4 is 10.2 Å². The average molecular weight is 261 g/mol. The van der Waals surface area contributed by atoms with Crippen LogP contribution in [0.15, 0.2) is 24.3 Å². The number of nitrogens with zero attached hydrogens (tertiary/aromatic N) is 2. The van der Waals surface area contributed by atoms with Crippen molar-refractivity contribution >= 4 is 5.69 Å². The minimum Gasteiger partial charge on any atom is -0.370 e. The second-order valence-electron chi connectivity index (χ2n) is 5.75. The maximum absolute atomic E-state index is 3.33. The zero-order valence-electron chi connectivity index (χ0n) is 12.7. The second-order valence-corrected chi connectivity index (χ2v) is 5.75. The lowest BCUT2D eigenvalue weighted by Gasteiger charge is -2.32. The molecule has 2 rings (SSSR count). The topological polar surface area (TPSA) is 18.5 Å². The van der Waals surface area contributed by atoms with Crippen molar-refractivity contribution in [1.29, 1.82) is 0 Å². The molecule has 3 nitrogen and oxygen atoms in total. The van der Waals surface area contributed by atoms with Crippen LogP contribution in [0.3, 0.4) is 0 Å². The van der Waals surface area contributed by atoms with Crippen LogP contribution in [0.5, 0.6) is 0 Å². The van der Waals surface area contributed by atoms with E-state index in [4.69, 9.17) is 0 Å². The lowest BCUT2D eigenvalue weighted by molar-refractivity contribution is 0.195. The van der Waals surface area contributed by atoms with Crippen molar-refractivity contribution in [2.45, 2.75) is 32.4 Å². The number of nitrogens with one attached hydrogen (secondary N) is 1. The molecule has 1 saturated heterocycles. The van der Waals surface area contributed by atoms with Crippen molar-refractivity contribution < 1.29 is 0 Å². The van der Waals surface area contributed by atoms with E-state index in [2.05, 4.69) is 60.3 Å². The summed E-state index contributed by atoms with van der Waals surface area (Å²) in [6.07, 6.45) is 1.23. The van der Waals surface area contributed by atoms with Gasteiger partial charge in [0.25, 0.3) is 0 Å². The van der Waals surface area contributed by atoms with Crippen molar-refractivity contribution in [2.24, 2.45) is 0 Å². The third-order valence-corrected chi connectivity index (χ3v) is 4.42. The van der Waals surface area contributed by atoms with Gasteiger partial charge in [0.2, 0.25) is 0 Å². The van der Waals surface area contributed by atoms with Crippen molar-refractivity contribution in [1.82, 2.24) is 10.2 Å². The van der Waals surface area contributed by atoms with Gasteiger partial charge in [-0.15, -0.1) is 0 Å².